The average Bonchev–Trinajstić information content (AvgIpc) is 3.50. The van der Waals surface area contributed by atoms with Crippen molar-refractivity contribution in [1.29, 1.82) is 0 Å². The fourth-order valence-electron chi connectivity index (χ4n) is 6.71. The van der Waals surface area contributed by atoms with E-state index >= 15 is 0 Å². The number of benzene rings is 1. The molecule has 3 heterocycles. The van der Waals surface area contributed by atoms with Crippen molar-refractivity contribution in [3.63, 3.8) is 0 Å². The molecular formula is C30H40BrN3O5. The topological polar surface area (TPSA) is 90.4 Å². The number of halogens is 1. The summed E-state index contributed by atoms with van der Waals surface area (Å²) in [5.41, 5.74) is 1.46. The number of likely N-dealkylation sites (tertiary alicyclic amines) is 1. The number of rotatable bonds is 11. The molecule has 0 aliphatic carbocycles. The Bertz CT molecular complexity index is 1160. The highest BCUT2D eigenvalue weighted by molar-refractivity contribution is 9.09. The molecule has 1 aromatic carbocycles. The molecule has 9 heteroatoms. The normalized spacial score (nSPS) is 29.7. The quantitative estimate of drug-likeness (QED) is 0.310. The van der Waals surface area contributed by atoms with E-state index in [9.17, 15) is 19.5 Å². The highest BCUT2D eigenvalue weighted by atomic mass is 79.9. The highest BCUT2D eigenvalue weighted by Gasteiger charge is 2.77. The maximum Gasteiger partial charge on any atom is 0.253 e. The van der Waals surface area contributed by atoms with E-state index in [4.69, 9.17) is 4.74 Å². The van der Waals surface area contributed by atoms with Crippen LogP contribution in [-0.2, 0) is 19.1 Å². The van der Waals surface area contributed by atoms with Crippen molar-refractivity contribution in [2.75, 3.05) is 31.1 Å². The summed E-state index contributed by atoms with van der Waals surface area (Å²) >= 11 is 3.73. The van der Waals surface area contributed by atoms with Crippen LogP contribution in [0.2, 0.25) is 0 Å². The summed E-state index contributed by atoms with van der Waals surface area (Å²) in [6, 6.07) is 4.27. The zero-order chi connectivity index (χ0) is 28.6. The van der Waals surface area contributed by atoms with Gasteiger partial charge in [0.2, 0.25) is 11.8 Å². The second-order valence-corrected chi connectivity index (χ2v) is 12.2. The van der Waals surface area contributed by atoms with Crippen molar-refractivity contribution in [2.45, 2.75) is 69.2 Å². The van der Waals surface area contributed by atoms with E-state index in [1.807, 2.05) is 39.0 Å². The number of fused-ring (bicyclic) bond motifs is 1. The predicted octanol–water partition coefficient (Wildman–Crippen LogP) is 3.38. The molecule has 0 saturated carbocycles. The van der Waals surface area contributed by atoms with E-state index in [1.54, 1.807) is 28.9 Å². The first-order chi connectivity index (χ1) is 18.6. The molecule has 3 saturated heterocycles. The summed E-state index contributed by atoms with van der Waals surface area (Å²) in [6.45, 7) is 16.1. The van der Waals surface area contributed by atoms with Gasteiger partial charge in [-0.25, -0.2) is 0 Å². The molecule has 3 unspecified atom stereocenters. The Kier molecular flexibility index (Phi) is 8.73. The number of amides is 3. The molecular weight excluding hydrogens is 562 g/mol. The predicted molar refractivity (Wildman–Crippen MR) is 155 cm³/mol. The zero-order valence-corrected chi connectivity index (χ0v) is 24.9. The lowest BCUT2D eigenvalue weighted by molar-refractivity contribution is -0.147. The first kappa shape index (κ1) is 29.5. The number of anilines is 1. The van der Waals surface area contributed by atoms with Crippen LogP contribution in [0.1, 0.15) is 37.8 Å². The molecule has 39 heavy (non-hydrogen) atoms. The maximum absolute atomic E-state index is 14.6. The summed E-state index contributed by atoms with van der Waals surface area (Å²) in [5, 5.41) is 10.2. The first-order valence-electron chi connectivity index (χ1n) is 13.7. The van der Waals surface area contributed by atoms with Crippen LogP contribution in [0, 0.1) is 25.7 Å². The van der Waals surface area contributed by atoms with Gasteiger partial charge in [0.05, 0.1) is 30.6 Å². The Balaban J connectivity index is 1.83. The minimum atomic E-state index is -1.19. The van der Waals surface area contributed by atoms with Crippen LogP contribution in [-0.4, -0.2) is 87.5 Å². The third kappa shape index (κ3) is 4.76. The summed E-state index contributed by atoms with van der Waals surface area (Å²) < 4.78 is 6.65. The average molecular weight is 603 g/mol. The van der Waals surface area contributed by atoms with Crippen LogP contribution in [0.5, 0.6) is 0 Å². The number of aryl methyl sites for hydroxylation is 2. The van der Waals surface area contributed by atoms with Crippen LogP contribution in [0.25, 0.3) is 0 Å². The molecule has 1 spiro atoms. The van der Waals surface area contributed by atoms with E-state index in [1.165, 1.54) is 4.90 Å². The second-order valence-electron chi connectivity index (χ2n) is 11.0. The maximum atomic E-state index is 14.6. The van der Waals surface area contributed by atoms with Gasteiger partial charge in [-0.05, 0) is 50.8 Å². The molecule has 7 atom stereocenters. The van der Waals surface area contributed by atoms with E-state index in [0.29, 0.717) is 19.5 Å². The Morgan fingerprint density at radius 3 is 2.56 bits per heavy atom. The number of aliphatic hydroxyl groups is 1. The lowest BCUT2D eigenvalue weighted by atomic mass is 9.70. The number of ether oxygens (including phenoxy) is 1. The van der Waals surface area contributed by atoms with Crippen molar-refractivity contribution in [3.05, 3.63) is 54.6 Å². The number of nitrogens with zero attached hydrogens (tertiary/aromatic N) is 3. The van der Waals surface area contributed by atoms with E-state index < -0.39 is 35.6 Å². The van der Waals surface area contributed by atoms with Crippen LogP contribution >= 0.6 is 15.9 Å². The monoisotopic (exact) mass is 601 g/mol. The molecule has 1 aromatic rings. The van der Waals surface area contributed by atoms with E-state index in [-0.39, 0.29) is 35.7 Å². The Labute approximate surface area is 239 Å². The van der Waals surface area contributed by atoms with Gasteiger partial charge in [-0.2, -0.15) is 0 Å². The van der Waals surface area contributed by atoms with Crippen molar-refractivity contribution < 1.29 is 24.2 Å². The lowest BCUT2D eigenvalue weighted by Crippen LogP contribution is -2.59. The zero-order valence-electron chi connectivity index (χ0n) is 23.3. The molecule has 4 rings (SSSR count). The molecule has 1 N–H and O–H groups in total. The lowest BCUT2D eigenvalue weighted by Gasteiger charge is -2.39. The van der Waals surface area contributed by atoms with Crippen molar-refractivity contribution in [1.82, 2.24) is 9.80 Å². The third-order valence-corrected chi connectivity index (χ3v) is 9.22. The summed E-state index contributed by atoms with van der Waals surface area (Å²) in [4.78, 5) is 47.5. The Morgan fingerprint density at radius 1 is 1.26 bits per heavy atom. The van der Waals surface area contributed by atoms with Gasteiger partial charge in [0.1, 0.15) is 11.6 Å². The van der Waals surface area contributed by atoms with Crippen LogP contribution < -0.4 is 4.90 Å². The van der Waals surface area contributed by atoms with Crippen molar-refractivity contribution >= 4 is 39.3 Å². The fourth-order valence-corrected chi connectivity index (χ4v) is 7.66. The first-order valence-corrected chi connectivity index (χ1v) is 14.6. The Morgan fingerprint density at radius 2 is 1.95 bits per heavy atom. The SMILES string of the molecule is C=CCN(CCC)C(=O)[C@H]1[C@@H]2OC3(CC2Br)C(C(=O)N(CC=C)c2cc(C)ccc2C)N([C@H](C)CO)C(=O)[C@H]13. The highest BCUT2D eigenvalue weighted by Crippen LogP contribution is 2.61. The molecule has 2 bridgehead atoms. The fraction of sp³-hybridized carbons (Fsp3) is 0.567. The van der Waals surface area contributed by atoms with Gasteiger partial charge in [-0.3, -0.25) is 14.4 Å². The van der Waals surface area contributed by atoms with Crippen LogP contribution in [0.4, 0.5) is 5.69 Å². The third-order valence-electron chi connectivity index (χ3n) is 8.37. The van der Waals surface area contributed by atoms with Gasteiger partial charge in [-0.15, -0.1) is 13.2 Å². The van der Waals surface area contributed by atoms with Crippen LogP contribution in [0.3, 0.4) is 0 Å². The number of alkyl halides is 1. The molecule has 3 fully saturated rings. The number of carbonyl (C=O) groups is 3. The largest absolute Gasteiger partial charge is 0.394 e. The standard InChI is InChI=1S/C30H40BrN3O5/c1-7-12-32(13-8-2)27(36)23-24-28(37)34(20(6)17-35)26(30(24)16-21(31)25(23)39-30)29(38)33(14-9-3)22-15-18(4)10-11-19(22)5/h7,9-11,15,20-21,23-26,35H,1,3,8,12-14,16-17H2,2,4-6H3/t20-,21?,23-,24+,25-,26?,30?/m1/s1. The number of hydrogen-bond donors (Lipinski definition) is 1. The summed E-state index contributed by atoms with van der Waals surface area (Å²) in [5.74, 6) is -2.33. The van der Waals surface area contributed by atoms with Gasteiger partial charge < -0.3 is 24.5 Å². The summed E-state index contributed by atoms with van der Waals surface area (Å²) in [7, 11) is 0. The van der Waals surface area contributed by atoms with Crippen molar-refractivity contribution in [2.24, 2.45) is 11.8 Å². The van der Waals surface area contributed by atoms with Gasteiger partial charge in [-0.1, -0.05) is 47.1 Å². The van der Waals surface area contributed by atoms with Gasteiger partial charge in [0, 0.05) is 30.1 Å². The molecule has 212 valence electrons. The summed E-state index contributed by atoms with van der Waals surface area (Å²) in [6.07, 6.45) is 3.98. The van der Waals surface area contributed by atoms with Crippen molar-refractivity contribution in [3.8, 4) is 0 Å². The Hall–Kier alpha value is -2.49. The molecule has 8 nitrogen and oxygen atoms in total. The number of carbonyl (C=O) groups excluding carboxylic acids is 3. The van der Waals surface area contributed by atoms with E-state index in [2.05, 4.69) is 29.1 Å². The molecule has 3 aliphatic rings. The van der Waals surface area contributed by atoms with Gasteiger partial charge >= 0.3 is 0 Å². The second kappa shape index (κ2) is 11.6. The van der Waals surface area contributed by atoms with E-state index in [0.717, 1.165) is 23.2 Å². The minimum absolute atomic E-state index is 0.159. The number of aliphatic hydroxyl groups excluding tert-OH is 1. The molecule has 3 amide bonds. The molecule has 3 aliphatic heterocycles. The minimum Gasteiger partial charge on any atom is -0.394 e. The van der Waals surface area contributed by atoms with Crippen LogP contribution in [0.15, 0.2) is 43.5 Å². The van der Waals surface area contributed by atoms with Gasteiger partial charge in [0.15, 0.2) is 0 Å². The molecule has 0 aromatic heterocycles. The number of hydrogen-bond acceptors (Lipinski definition) is 5. The van der Waals surface area contributed by atoms with Gasteiger partial charge in [0.25, 0.3) is 5.91 Å². The molecule has 0 radical (unpaired) electrons. The smallest absolute Gasteiger partial charge is 0.253 e.